The molecule has 0 spiro atoms. The highest BCUT2D eigenvalue weighted by molar-refractivity contribution is 6.30. The van der Waals surface area contributed by atoms with Crippen molar-refractivity contribution in [2.24, 2.45) is 17.5 Å². The molecule has 1 atom stereocenters. The predicted octanol–water partition coefficient (Wildman–Crippen LogP) is 2.42. The van der Waals surface area contributed by atoms with Crippen LogP contribution in [0, 0.1) is 5.92 Å². The van der Waals surface area contributed by atoms with Gasteiger partial charge in [0, 0.05) is 44.2 Å². The molecule has 2 aromatic rings. The van der Waals surface area contributed by atoms with Crippen LogP contribution in [0.1, 0.15) is 18.9 Å². The van der Waals surface area contributed by atoms with Crippen molar-refractivity contribution in [3.05, 3.63) is 59.1 Å². The van der Waals surface area contributed by atoms with E-state index in [9.17, 15) is 9.59 Å². The Kier molecular flexibility index (Phi) is 7.76. The molecule has 1 saturated heterocycles. The minimum atomic E-state index is -0.376. The number of hydrogen-bond acceptors (Lipinski definition) is 5. The molecule has 1 unspecified atom stereocenters. The molecule has 4 N–H and O–H groups in total. The number of amides is 2. The van der Waals surface area contributed by atoms with Crippen LogP contribution in [0.5, 0.6) is 0 Å². The van der Waals surface area contributed by atoms with Gasteiger partial charge in [0.25, 0.3) is 0 Å². The van der Waals surface area contributed by atoms with E-state index in [1.165, 1.54) is 0 Å². The van der Waals surface area contributed by atoms with Crippen LogP contribution in [-0.4, -0.2) is 49.4 Å². The number of nitrogens with two attached hydrogens (primary N) is 2. The summed E-state index contributed by atoms with van der Waals surface area (Å²) in [5.41, 5.74) is 8.33. The molecule has 166 valence electrons. The lowest BCUT2D eigenvalue weighted by molar-refractivity contribution is -0.131. The second kappa shape index (κ2) is 10.5. The number of halogens is 1. The monoisotopic (exact) mass is 443 g/mol. The van der Waals surface area contributed by atoms with Crippen molar-refractivity contribution in [2.45, 2.75) is 19.8 Å². The summed E-state index contributed by atoms with van der Waals surface area (Å²) in [6.45, 7) is 4.88. The molecule has 1 heterocycles. The molecule has 0 radical (unpaired) electrons. The first-order valence-electron chi connectivity index (χ1n) is 10.5. The molecule has 0 bridgehead atoms. The van der Waals surface area contributed by atoms with Crippen molar-refractivity contribution in [3.8, 4) is 0 Å². The topological polar surface area (TPSA) is 95.9 Å². The number of para-hydroxylation sites is 2. The molecule has 1 aliphatic heterocycles. The molecular weight excluding hydrogens is 414 g/mol. The molecule has 2 amide bonds. The van der Waals surface area contributed by atoms with Gasteiger partial charge < -0.3 is 20.5 Å². The number of carbonyl (C=O) groups is 2. The number of anilines is 2. The zero-order chi connectivity index (χ0) is 22.4. The third-order valence-corrected chi connectivity index (χ3v) is 5.91. The van der Waals surface area contributed by atoms with Gasteiger partial charge in [0.1, 0.15) is 0 Å². The molecule has 7 nitrogen and oxygen atoms in total. The average molecular weight is 444 g/mol. The van der Waals surface area contributed by atoms with E-state index < -0.39 is 0 Å². The van der Waals surface area contributed by atoms with Crippen molar-refractivity contribution in [1.29, 1.82) is 0 Å². The van der Waals surface area contributed by atoms with Crippen LogP contribution in [0.3, 0.4) is 0 Å². The van der Waals surface area contributed by atoms with Crippen LogP contribution in [0.2, 0.25) is 5.02 Å². The van der Waals surface area contributed by atoms with Crippen LogP contribution in [0.15, 0.2) is 48.5 Å². The summed E-state index contributed by atoms with van der Waals surface area (Å²) in [5, 5.41) is 2.28. The number of nitrogens with zero attached hydrogens (tertiary/aromatic N) is 3. The Bertz CT molecular complexity index is 897. The second-order valence-corrected chi connectivity index (χ2v) is 8.38. The Labute approximate surface area is 188 Å². The number of hydrazine groups is 1. The number of piperazine rings is 1. The Morgan fingerprint density at radius 2 is 1.71 bits per heavy atom. The van der Waals surface area contributed by atoms with Gasteiger partial charge in [-0.2, -0.15) is 0 Å². The molecule has 1 fully saturated rings. The van der Waals surface area contributed by atoms with Crippen LogP contribution in [0.25, 0.3) is 0 Å². The van der Waals surface area contributed by atoms with E-state index in [4.69, 9.17) is 23.2 Å². The number of aryl methyl sites for hydroxylation is 1. The maximum atomic E-state index is 12.7. The van der Waals surface area contributed by atoms with Gasteiger partial charge in [-0.25, -0.2) is 5.84 Å². The van der Waals surface area contributed by atoms with Gasteiger partial charge in [-0.15, -0.1) is 0 Å². The third-order valence-electron chi connectivity index (χ3n) is 5.66. The lowest BCUT2D eigenvalue weighted by Gasteiger charge is -2.38. The summed E-state index contributed by atoms with van der Waals surface area (Å²) in [5.74, 6) is 5.68. The molecule has 8 heteroatoms. The first kappa shape index (κ1) is 22.9. The lowest BCUT2D eigenvalue weighted by atomic mass is 10.1. The van der Waals surface area contributed by atoms with Gasteiger partial charge in [0.05, 0.1) is 17.3 Å². The SMILES string of the molecule is CC(CN(N)c1ccccc1N1CCN(C(=O)CCc2ccc(Cl)cc2)CC1)C(N)=O. The molecule has 31 heavy (non-hydrogen) atoms. The van der Waals surface area contributed by atoms with E-state index in [-0.39, 0.29) is 17.7 Å². The van der Waals surface area contributed by atoms with Gasteiger partial charge in [-0.3, -0.25) is 9.59 Å². The van der Waals surface area contributed by atoms with E-state index in [2.05, 4.69) is 4.90 Å². The quantitative estimate of drug-likeness (QED) is 0.482. The number of rotatable bonds is 8. The van der Waals surface area contributed by atoms with Gasteiger partial charge >= 0.3 is 0 Å². The molecule has 2 aromatic carbocycles. The maximum Gasteiger partial charge on any atom is 0.223 e. The van der Waals surface area contributed by atoms with Crippen LogP contribution < -0.4 is 21.5 Å². The second-order valence-electron chi connectivity index (χ2n) is 7.94. The molecule has 3 rings (SSSR count). The Morgan fingerprint density at radius 1 is 1.06 bits per heavy atom. The van der Waals surface area contributed by atoms with Crippen molar-refractivity contribution in [2.75, 3.05) is 42.6 Å². The largest absolute Gasteiger partial charge is 0.369 e. The lowest BCUT2D eigenvalue weighted by Crippen LogP contribution is -2.49. The summed E-state index contributed by atoms with van der Waals surface area (Å²) >= 11 is 5.92. The fourth-order valence-electron chi connectivity index (χ4n) is 3.72. The predicted molar refractivity (Wildman–Crippen MR) is 125 cm³/mol. The van der Waals surface area contributed by atoms with Gasteiger partial charge in [0.2, 0.25) is 11.8 Å². The van der Waals surface area contributed by atoms with Gasteiger partial charge in [0.15, 0.2) is 0 Å². The highest BCUT2D eigenvalue weighted by Crippen LogP contribution is 2.29. The summed E-state index contributed by atoms with van der Waals surface area (Å²) in [4.78, 5) is 28.2. The normalized spacial score (nSPS) is 14.9. The first-order valence-corrected chi connectivity index (χ1v) is 10.9. The van der Waals surface area contributed by atoms with E-state index >= 15 is 0 Å². The summed E-state index contributed by atoms with van der Waals surface area (Å²) < 4.78 is 0. The molecule has 0 saturated carbocycles. The van der Waals surface area contributed by atoms with Crippen LogP contribution in [0.4, 0.5) is 11.4 Å². The average Bonchev–Trinajstić information content (AvgIpc) is 2.78. The fourth-order valence-corrected chi connectivity index (χ4v) is 3.84. The van der Waals surface area contributed by atoms with Crippen molar-refractivity contribution < 1.29 is 9.59 Å². The Hall–Kier alpha value is -2.77. The smallest absolute Gasteiger partial charge is 0.223 e. The minimum absolute atomic E-state index is 0.165. The zero-order valence-corrected chi connectivity index (χ0v) is 18.6. The summed E-state index contributed by atoms with van der Waals surface area (Å²) in [7, 11) is 0. The van der Waals surface area contributed by atoms with E-state index in [1.807, 2.05) is 53.4 Å². The standard InChI is InChI=1S/C23H30ClN5O2/c1-17(23(25)31)16-29(26)21-5-3-2-4-20(21)27-12-14-28(15-13-27)22(30)11-8-18-6-9-19(24)10-7-18/h2-7,9-10,17H,8,11-16,26H2,1H3,(H2,25,31). The Balaban J connectivity index is 1.56. The minimum Gasteiger partial charge on any atom is -0.369 e. The molecule has 0 aliphatic carbocycles. The highest BCUT2D eigenvalue weighted by atomic mass is 35.5. The van der Waals surface area contributed by atoms with Crippen molar-refractivity contribution in [3.63, 3.8) is 0 Å². The van der Waals surface area contributed by atoms with Gasteiger partial charge in [-0.1, -0.05) is 42.8 Å². The van der Waals surface area contributed by atoms with Gasteiger partial charge in [-0.05, 0) is 36.2 Å². The third kappa shape index (κ3) is 6.12. The summed E-state index contributed by atoms with van der Waals surface area (Å²) in [6, 6.07) is 15.5. The fraction of sp³-hybridized carbons (Fsp3) is 0.391. The van der Waals surface area contributed by atoms with Crippen LogP contribution in [-0.2, 0) is 16.0 Å². The molecule has 1 aliphatic rings. The number of hydrogen-bond donors (Lipinski definition) is 2. The summed E-state index contributed by atoms with van der Waals surface area (Å²) in [6.07, 6.45) is 1.19. The molecular formula is C23H30ClN5O2. The first-order chi connectivity index (χ1) is 14.8. The van der Waals surface area contributed by atoms with Crippen molar-refractivity contribution >= 4 is 34.8 Å². The maximum absolute atomic E-state index is 12.7. The molecule has 0 aromatic heterocycles. The Morgan fingerprint density at radius 3 is 2.35 bits per heavy atom. The highest BCUT2D eigenvalue weighted by Gasteiger charge is 2.24. The van der Waals surface area contributed by atoms with E-state index in [1.54, 1.807) is 11.9 Å². The van der Waals surface area contributed by atoms with E-state index in [0.29, 0.717) is 37.5 Å². The number of carbonyl (C=O) groups excluding carboxylic acids is 2. The number of benzene rings is 2. The zero-order valence-electron chi connectivity index (χ0n) is 17.8. The van der Waals surface area contributed by atoms with Crippen LogP contribution >= 0.6 is 11.6 Å². The van der Waals surface area contributed by atoms with E-state index in [0.717, 1.165) is 30.0 Å². The number of primary amides is 1. The van der Waals surface area contributed by atoms with Crippen molar-refractivity contribution in [1.82, 2.24) is 4.90 Å².